The summed E-state index contributed by atoms with van der Waals surface area (Å²) in [5.74, 6) is 1.12. The van der Waals surface area contributed by atoms with Gasteiger partial charge in [0.2, 0.25) is 5.91 Å². The number of aromatic nitrogens is 1. The first-order chi connectivity index (χ1) is 15.6. The Bertz CT molecular complexity index is 1090. The van der Waals surface area contributed by atoms with Gasteiger partial charge in [0.1, 0.15) is 11.5 Å². The molecule has 1 aliphatic rings. The fourth-order valence-corrected chi connectivity index (χ4v) is 3.73. The highest BCUT2D eigenvalue weighted by atomic mass is 35.5. The zero-order valence-corrected chi connectivity index (χ0v) is 18.3. The summed E-state index contributed by atoms with van der Waals surface area (Å²) in [6, 6.07) is 16.3. The fraction of sp³-hybridized carbons (Fsp3) is 0.240. The predicted molar refractivity (Wildman–Crippen MR) is 123 cm³/mol. The van der Waals surface area contributed by atoms with Crippen LogP contribution >= 0.6 is 11.6 Å². The molecule has 4 rings (SSSR count). The van der Waals surface area contributed by atoms with Gasteiger partial charge in [-0.1, -0.05) is 17.7 Å². The summed E-state index contributed by atoms with van der Waals surface area (Å²) in [5.41, 5.74) is 2.46. The summed E-state index contributed by atoms with van der Waals surface area (Å²) in [6.07, 6.45) is 5.63. The number of benzene rings is 2. The SMILES string of the molecule is O=C(NCCc1ccncc1)c1ccc(CN2CCCC2=O)c(Oc2ccc(Cl)cc2)c1. The van der Waals surface area contributed by atoms with Crippen molar-refractivity contribution in [3.8, 4) is 11.5 Å². The molecule has 1 saturated heterocycles. The zero-order valence-electron chi connectivity index (χ0n) is 17.6. The minimum Gasteiger partial charge on any atom is -0.457 e. The topological polar surface area (TPSA) is 71.5 Å². The van der Waals surface area contributed by atoms with Crippen LogP contribution in [-0.2, 0) is 17.8 Å². The molecule has 1 N–H and O–H groups in total. The average Bonchev–Trinajstić information content (AvgIpc) is 3.21. The molecule has 0 radical (unpaired) electrons. The highest BCUT2D eigenvalue weighted by Crippen LogP contribution is 2.29. The Morgan fingerprint density at radius 1 is 1.09 bits per heavy atom. The van der Waals surface area contributed by atoms with Crippen LogP contribution in [0, 0.1) is 0 Å². The van der Waals surface area contributed by atoms with E-state index >= 15 is 0 Å². The van der Waals surface area contributed by atoms with Crippen molar-refractivity contribution >= 4 is 23.4 Å². The van der Waals surface area contributed by atoms with Gasteiger partial charge in [0.05, 0.1) is 0 Å². The van der Waals surface area contributed by atoms with Crippen molar-refractivity contribution in [2.24, 2.45) is 0 Å². The number of hydrogen-bond acceptors (Lipinski definition) is 4. The number of amides is 2. The summed E-state index contributed by atoms with van der Waals surface area (Å²) in [5, 5.41) is 3.56. The second-order valence-corrected chi connectivity index (χ2v) is 8.10. The van der Waals surface area contributed by atoms with Crippen molar-refractivity contribution in [1.29, 1.82) is 0 Å². The van der Waals surface area contributed by atoms with E-state index in [2.05, 4.69) is 10.3 Å². The van der Waals surface area contributed by atoms with Gasteiger partial charge in [0.25, 0.3) is 5.91 Å². The van der Waals surface area contributed by atoms with Gasteiger partial charge in [-0.2, -0.15) is 0 Å². The highest BCUT2D eigenvalue weighted by molar-refractivity contribution is 6.30. The maximum Gasteiger partial charge on any atom is 0.251 e. The van der Waals surface area contributed by atoms with E-state index < -0.39 is 0 Å². The minimum atomic E-state index is -0.177. The van der Waals surface area contributed by atoms with Crippen molar-refractivity contribution in [3.63, 3.8) is 0 Å². The average molecular weight is 450 g/mol. The third-order valence-electron chi connectivity index (χ3n) is 5.35. The van der Waals surface area contributed by atoms with E-state index in [4.69, 9.17) is 16.3 Å². The normalized spacial score (nSPS) is 13.3. The molecule has 1 aliphatic heterocycles. The number of halogens is 1. The van der Waals surface area contributed by atoms with Crippen LogP contribution in [0.25, 0.3) is 0 Å². The quantitative estimate of drug-likeness (QED) is 0.544. The van der Waals surface area contributed by atoms with Crippen molar-refractivity contribution in [3.05, 3.63) is 88.7 Å². The Hall–Kier alpha value is -3.38. The van der Waals surface area contributed by atoms with E-state index in [1.54, 1.807) is 48.8 Å². The Balaban J connectivity index is 1.50. The molecule has 0 saturated carbocycles. The second-order valence-electron chi connectivity index (χ2n) is 7.66. The van der Waals surface area contributed by atoms with Crippen LogP contribution in [0.15, 0.2) is 67.0 Å². The lowest BCUT2D eigenvalue weighted by Gasteiger charge is -2.19. The Kier molecular flexibility index (Phi) is 7.02. The van der Waals surface area contributed by atoms with Gasteiger partial charge in [-0.15, -0.1) is 0 Å². The Morgan fingerprint density at radius 2 is 1.88 bits per heavy atom. The van der Waals surface area contributed by atoms with Gasteiger partial charge in [-0.25, -0.2) is 0 Å². The summed E-state index contributed by atoms with van der Waals surface area (Å²) >= 11 is 5.98. The molecule has 0 spiro atoms. The molecular weight excluding hydrogens is 426 g/mol. The van der Waals surface area contributed by atoms with Crippen molar-refractivity contribution in [2.45, 2.75) is 25.8 Å². The lowest BCUT2D eigenvalue weighted by atomic mass is 10.1. The lowest BCUT2D eigenvalue weighted by Crippen LogP contribution is -2.26. The molecule has 32 heavy (non-hydrogen) atoms. The first kappa shape index (κ1) is 21.8. The molecule has 0 atom stereocenters. The van der Waals surface area contributed by atoms with Gasteiger partial charge in [0, 0.05) is 54.6 Å². The molecule has 2 amide bonds. The maximum absolute atomic E-state index is 12.7. The number of carbonyl (C=O) groups is 2. The monoisotopic (exact) mass is 449 g/mol. The van der Waals surface area contributed by atoms with Crippen molar-refractivity contribution in [1.82, 2.24) is 15.2 Å². The van der Waals surface area contributed by atoms with E-state index in [0.717, 1.165) is 30.5 Å². The lowest BCUT2D eigenvalue weighted by molar-refractivity contribution is -0.128. The predicted octanol–water partition coefficient (Wildman–Crippen LogP) is 4.62. The van der Waals surface area contributed by atoms with E-state index in [1.165, 1.54) is 0 Å². The number of nitrogens with zero attached hydrogens (tertiary/aromatic N) is 2. The number of likely N-dealkylation sites (tertiary alicyclic amines) is 1. The maximum atomic E-state index is 12.7. The molecule has 1 fully saturated rings. The number of carbonyl (C=O) groups excluding carboxylic acids is 2. The third kappa shape index (κ3) is 5.65. The molecule has 6 nitrogen and oxygen atoms in total. The minimum absolute atomic E-state index is 0.139. The number of ether oxygens (including phenoxy) is 1. The fourth-order valence-electron chi connectivity index (χ4n) is 3.60. The van der Waals surface area contributed by atoms with Gasteiger partial charge < -0.3 is 15.0 Å². The smallest absolute Gasteiger partial charge is 0.251 e. The molecular formula is C25H24ClN3O3. The first-order valence-corrected chi connectivity index (χ1v) is 11.0. The molecule has 7 heteroatoms. The second kappa shape index (κ2) is 10.3. The molecule has 2 aromatic carbocycles. The Labute approximate surface area is 192 Å². The van der Waals surface area contributed by atoms with Gasteiger partial charge in [-0.05, 0) is 66.9 Å². The van der Waals surface area contributed by atoms with Crippen LogP contribution in [0.2, 0.25) is 5.02 Å². The zero-order chi connectivity index (χ0) is 22.3. The van der Waals surface area contributed by atoms with Gasteiger partial charge in [0.15, 0.2) is 0 Å². The van der Waals surface area contributed by atoms with Crippen LogP contribution in [-0.4, -0.2) is 34.8 Å². The van der Waals surface area contributed by atoms with Crippen LogP contribution < -0.4 is 10.1 Å². The summed E-state index contributed by atoms with van der Waals surface area (Å²) < 4.78 is 6.09. The van der Waals surface area contributed by atoms with E-state index in [1.807, 2.05) is 23.1 Å². The van der Waals surface area contributed by atoms with E-state index in [9.17, 15) is 9.59 Å². The number of hydrogen-bond donors (Lipinski definition) is 1. The van der Waals surface area contributed by atoms with Gasteiger partial charge >= 0.3 is 0 Å². The van der Waals surface area contributed by atoms with Crippen LogP contribution in [0.1, 0.15) is 34.3 Å². The first-order valence-electron chi connectivity index (χ1n) is 10.6. The molecule has 2 heterocycles. The van der Waals surface area contributed by atoms with Gasteiger partial charge in [-0.3, -0.25) is 14.6 Å². The molecule has 164 valence electrons. The largest absolute Gasteiger partial charge is 0.457 e. The Morgan fingerprint density at radius 3 is 2.59 bits per heavy atom. The molecule has 0 unspecified atom stereocenters. The highest BCUT2D eigenvalue weighted by Gasteiger charge is 2.22. The summed E-state index contributed by atoms with van der Waals surface area (Å²) in [6.45, 7) is 1.70. The standard InChI is InChI=1S/C25H24ClN3O3/c26-21-5-7-22(8-6-21)32-23-16-19(3-4-20(23)17-29-15-1-2-24(29)30)25(31)28-14-11-18-9-12-27-13-10-18/h3-10,12-13,16H,1-2,11,14-15,17H2,(H,28,31). The third-order valence-corrected chi connectivity index (χ3v) is 5.60. The number of rotatable bonds is 8. The van der Waals surface area contributed by atoms with E-state index in [-0.39, 0.29) is 11.8 Å². The van der Waals surface area contributed by atoms with Crippen LogP contribution in [0.3, 0.4) is 0 Å². The van der Waals surface area contributed by atoms with Crippen LogP contribution in [0.5, 0.6) is 11.5 Å². The molecule has 1 aromatic heterocycles. The number of pyridine rings is 1. The molecule has 3 aromatic rings. The van der Waals surface area contributed by atoms with Crippen molar-refractivity contribution < 1.29 is 14.3 Å². The summed E-state index contributed by atoms with van der Waals surface area (Å²) in [7, 11) is 0. The van der Waals surface area contributed by atoms with E-state index in [0.29, 0.717) is 41.6 Å². The van der Waals surface area contributed by atoms with Crippen LogP contribution in [0.4, 0.5) is 0 Å². The molecule has 0 bridgehead atoms. The number of nitrogens with one attached hydrogen (secondary N) is 1. The molecule has 0 aliphatic carbocycles. The summed E-state index contributed by atoms with van der Waals surface area (Å²) in [4.78, 5) is 30.6. The van der Waals surface area contributed by atoms with Crippen molar-refractivity contribution in [2.75, 3.05) is 13.1 Å².